The van der Waals surface area contributed by atoms with Crippen molar-refractivity contribution in [2.45, 2.75) is 66.3 Å². The molecule has 35 heavy (non-hydrogen) atoms. The molecule has 0 aromatic heterocycles. The lowest BCUT2D eigenvalue weighted by Crippen LogP contribution is -2.64. The summed E-state index contributed by atoms with van der Waals surface area (Å²) in [5.74, 6) is 0. The van der Waals surface area contributed by atoms with Gasteiger partial charge >= 0.3 is 0 Å². The molecule has 1 heterocycles. The van der Waals surface area contributed by atoms with E-state index < -0.39 is 23.3 Å². The number of rotatable bonds is 7. The molecule has 0 radical (unpaired) electrons. The Morgan fingerprint density at radius 3 is 1.60 bits per heavy atom. The van der Waals surface area contributed by atoms with Crippen LogP contribution in [0.2, 0.25) is 32.2 Å². The Morgan fingerprint density at radius 1 is 0.629 bits per heavy atom. The van der Waals surface area contributed by atoms with Crippen LogP contribution in [-0.4, -0.2) is 23.3 Å². The van der Waals surface area contributed by atoms with E-state index in [1.54, 1.807) is 21.5 Å². The van der Waals surface area contributed by atoms with E-state index in [0.717, 1.165) is 6.42 Å². The minimum Gasteiger partial charge on any atom is -0.0782 e. The van der Waals surface area contributed by atoms with E-state index >= 15 is 0 Å². The van der Waals surface area contributed by atoms with E-state index in [9.17, 15) is 0 Å². The van der Waals surface area contributed by atoms with Gasteiger partial charge in [-0.25, -0.2) is 0 Å². The zero-order chi connectivity index (χ0) is 25.4. The Labute approximate surface area is 216 Å². The Hall–Kier alpha value is -2.21. The van der Waals surface area contributed by atoms with E-state index in [0.29, 0.717) is 0 Å². The maximum absolute atomic E-state index is 2.61. The summed E-state index contributed by atoms with van der Waals surface area (Å²) in [5, 5.41) is 8.01. The van der Waals surface area contributed by atoms with E-state index in [2.05, 4.69) is 139 Å². The Bertz CT molecular complexity index is 1220. The Morgan fingerprint density at radius 2 is 1.14 bits per heavy atom. The van der Waals surface area contributed by atoms with Gasteiger partial charge in [0.1, 0.15) is 8.07 Å². The second kappa shape index (κ2) is 9.68. The van der Waals surface area contributed by atoms with E-state index in [1.165, 1.54) is 27.2 Å². The summed E-state index contributed by atoms with van der Waals surface area (Å²) < 4.78 is 0. The Balaban J connectivity index is 1.82. The highest BCUT2D eigenvalue weighted by Crippen LogP contribution is 2.46. The van der Waals surface area contributed by atoms with Gasteiger partial charge in [0.2, 0.25) is 0 Å². The van der Waals surface area contributed by atoms with Crippen LogP contribution in [0.1, 0.15) is 33.3 Å². The molecule has 0 nitrogen and oxygen atoms in total. The molecule has 4 rings (SSSR count). The van der Waals surface area contributed by atoms with Crippen LogP contribution in [-0.2, 0) is 6.42 Å². The largest absolute Gasteiger partial charge is 0.145 e. The van der Waals surface area contributed by atoms with Crippen molar-refractivity contribution in [1.82, 2.24) is 0 Å². The van der Waals surface area contributed by atoms with Crippen LogP contribution in [0.3, 0.4) is 0 Å². The van der Waals surface area contributed by atoms with Gasteiger partial charge in [0.25, 0.3) is 0 Å². The number of benzene rings is 3. The number of allylic oxidation sites excluding steroid dienone is 4. The monoisotopic (exact) mass is 510 g/mol. The van der Waals surface area contributed by atoms with E-state index in [-0.39, 0.29) is 0 Å². The molecule has 0 fully saturated rings. The Kier molecular flexibility index (Phi) is 7.16. The van der Waals surface area contributed by atoms with Gasteiger partial charge in [-0.1, -0.05) is 140 Å². The SMILES string of the molecule is CC[Si]1([Si](C)(C)C)C(C)=C(C)C(Cc2cccc([Si](C)(c3ccccc3)c3ccccc3)c2)=C1C. The van der Waals surface area contributed by atoms with Crippen molar-refractivity contribution in [2.75, 3.05) is 0 Å². The van der Waals surface area contributed by atoms with Crippen LogP contribution in [0.5, 0.6) is 0 Å². The summed E-state index contributed by atoms with van der Waals surface area (Å²) in [7, 11) is -4.93. The average Bonchev–Trinajstić information content (AvgIpc) is 3.05. The molecular formula is C32H42Si3. The fourth-order valence-electron chi connectivity index (χ4n) is 7.06. The van der Waals surface area contributed by atoms with E-state index in [1.807, 2.05) is 0 Å². The first-order chi connectivity index (χ1) is 16.6. The molecule has 1 aliphatic heterocycles. The van der Waals surface area contributed by atoms with Gasteiger partial charge in [0, 0.05) is 7.59 Å². The maximum atomic E-state index is 2.61. The lowest BCUT2D eigenvalue weighted by molar-refractivity contribution is 1.13. The molecule has 1 atom stereocenters. The summed E-state index contributed by atoms with van der Waals surface area (Å²) in [5.41, 5.74) is 4.72. The lowest BCUT2D eigenvalue weighted by atomic mass is 9.99. The molecule has 3 aromatic carbocycles. The predicted molar refractivity (Wildman–Crippen MR) is 164 cm³/mol. The van der Waals surface area contributed by atoms with Gasteiger partial charge in [0.05, 0.1) is 7.59 Å². The fraction of sp³-hybridized carbons (Fsp3) is 0.312. The zero-order valence-electron chi connectivity index (χ0n) is 23.0. The first-order valence-corrected chi connectivity index (χ1v) is 22.4. The molecule has 0 spiro atoms. The normalized spacial score (nSPS) is 19.0. The molecule has 1 aliphatic rings. The van der Waals surface area contributed by atoms with Crippen molar-refractivity contribution >= 4 is 38.8 Å². The summed E-state index contributed by atoms with van der Waals surface area (Å²) in [6.45, 7) is 20.2. The van der Waals surface area contributed by atoms with E-state index in [4.69, 9.17) is 0 Å². The second-order valence-corrected chi connectivity index (χ2v) is 31.2. The molecule has 0 amide bonds. The van der Waals surface area contributed by atoms with Gasteiger partial charge in [-0.2, -0.15) is 0 Å². The highest BCUT2D eigenvalue weighted by atomic mass is 29.3. The van der Waals surface area contributed by atoms with Gasteiger partial charge in [-0.3, -0.25) is 0 Å². The van der Waals surface area contributed by atoms with Crippen LogP contribution in [0.15, 0.2) is 106 Å². The number of hydrogen-bond acceptors (Lipinski definition) is 0. The first-order valence-electron chi connectivity index (χ1n) is 13.2. The van der Waals surface area contributed by atoms with Crippen molar-refractivity contribution in [1.29, 1.82) is 0 Å². The van der Waals surface area contributed by atoms with Crippen LogP contribution in [0.25, 0.3) is 0 Å². The second-order valence-electron chi connectivity index (χ2n) is 11.6. The molecule has 0 saturated carbocycles. The molecule has 0 saturated heterocycles. The molecule has 3 aromatic rings. The maximum Gasteiger partial charge on any atom is 0.145 e. The highest BCUT2D eigenvalue weighted by molar-refractivity contribution is 7.46. The summed E-state index contributed by atoms with van der Waals surface area (Å²) >= 11 is 0. The fourth-order valence-corrected chi connectivity index (χ4v) is 28.1. The third-order valence-corrected chi connectivity index (χ3v) is 31.4. The molecule has 3 heteroatoms. The zero-order valence-corrected chi connectivity index (χ0v) is 26.0. The van der Waals surface area contributed by atoms with Crippen molar-refractivity contribution < 1.29 is 0 Å². The summed E-state index contributed by atoms with van der Waals surface area (Å²) in [6, 6.07) is 33.3. The molecule has 1 unspecified atom stereocenters. The quantitative estimate of drug-likeness (QED) is 0.238. The first kappa shape index (κ1) is 25.9. The average molecular weight is 511 g/mol. The standard InChI is InChI=1S/C32H42Si3/c1-9-35(33(5,6)7)26(3)25(2)32(27(35)4)24-28-17-16-22-31(23-28)34(8,29-18-12-10-13-19-29)30-20-14-11-15-21-30/h10-23H,9,24H2,1-8H3. The third-order valence-electron chi connectivity index (χ3n) is 9.15. The van der Waals surface area contributed by atoms with Gasteiger partial charge in [-0.15, -0.1) is 0 Å². The van der Waals surface area contributed by atoms with Crippen molar-refractivity contribution in [3.63, 3.8) is 0 Å². The molecule has 182 valence electrons. The van der Waals surface area contributed by atoms with Crippen LogP contribution < -0.4 is 15.6 Å². The van der Waals surface area contributed by atoms with Crippen LogP contribution in [0.4, 0.5) is 0 Å². The van der Waals surface area contributed by atoms with Gasteiger partial charge < -0.3 is 0 Å². The van der Waals surface area contributed by atoms with Crippen LogP contribution >= 0.6 is 0 Å². The van der Waals surface area contributed by atoms with Crippen molar-refractivity contribution in [2.24, 2.45) is 0 Å². The number of hydrogen-bond donors (Lipinski definition) is 0. The highest BCUT2D eigenvalue weighted by Gasteiger charge is 2.51. The molecule has 0 bridgehead atoms. The van der Waals surface area contributed by atoms with Gasteiger partial charge in [-0.05, 0) is 53.9 Å². The topological polar surface area (TPSA) is 0 Å². The van der Waals surface area contributed by atoms with Crippen molar-refractivity contribution in [3.8, 4) is 0 Å². The minimum atomic E-state index is -2.09. The smallest absolute Gasteiger partial charge is 0.0782 e. The third kappa shape index (κ3) is 4.22. The van der Waals surface area contributed by atoms with Crippen molar-refractivity contribution in [3.05, 3.63) is 112 Å². The molecular weight excluding hydrogens is 469 g/mol. The minimum absolute atomic E-state index is 1.07. The summed E-state index contributed by atoms with van der Waals surface area (Å²) in [6.07, 6.45) is 1.07. The predicted octanol–water partition coefficient (Wildman–Crippen LogP) is 6.96. The lowest BCUT2D eigenvalue weighted by Gasteiger charge is -2.41. The molecule has 0 aliphatic carbocycles. The van der Waals surface area contributed by atoms with Crippen LogP contribution in [0, 0.1) is 0 Å². The summed E-state index contributed by atoms with van der Waals surface area (Å²) in [4.78, 5) is 0. The van der Waals surface area contributed by atoms with Gasteiger partial charge in [0.15, 0.2) is 0 Å². The molecule has 0 N–H and O–H groups in total.